The van der Waals surface area contributed by atoms with E-state index < -0.39 is 0 Å². The summed E-state index contributed by atoms with van der Waals surface area (Å²) in [5.74, 6) is 1.31. The van der Waals surface area contributed by atoms with E-state index in [2.05, 4.69) is 19.9 Å². The first-order valence-electron chi connectivity index (χ1n) is 6.06. The van der Waals surface area contributed by atoms with Crippen molar-refractivity contribution in [3.05, 3.63) is 29.8 Å². The third kappa shape index (κ3) is 3.41. The lowest BCUT2D eigenvalue weighted by atomic mass is 9.94. The molecule has 1 aromatic rings. The van der Waals surface area contributed by atoms with E-state index in [0.29, 0.717) is 12.5 Å². The van der Waals surface area contributed by atoms with Crippen LogP contribution in [0, 0.1) is 0 Å². The molecule has 0 heterocycles. The van der Waals surface area contributed by atoms with E-state index in [0.717, 1.165) is 18.6 Å². The smallest absolute Gasteiger partial charge is 0.122 e. The molecular formula is C14H21ClO. The van der Waals surface area contributed by atoms with Gasteiger partial charge < -0.3 is 4.74 Å². The van der Waals surface area contributed by atoms with Crippen molar-refractivity contribution in [2.24, 2.45) is 0 Å². The standard InChI is InChI=1S/C14H21ClO/c1-4-8-13(15)11(3)12-9-6-7-10-14(12)16-5-2/h6-7,9-11,13H,4-5,8H2,1-3H3. The Morgan fingerprint density at radius 1 is 1.25 bits per heavy atom. The van der Waals surface area contributed by atoms with Crippen LogP contribution in [-0.4, -0.2) is 12.0 Å². The second kappa shape index (κ2) is 6.80. The first-order valence-corrected chi connectivity index (χ1v) is 6.50. The molecule has 0 N–H and O–H groups in total. The van der Waals surface area contributed by atoms with Gasteiger partial charge in [-0.1, -0.05) is 38.5 Å². The Morgan fingerprint density at radius 3 is 2.56 bits per heavy atom. The topological polar surface area (TPSA) is 9.23 Å². The summed E-state index contributed by atoms with van der Waals surface area (Å²) in [6.45, 7) is 7.04. The molecule has 0 spiro atoms. The number of hydrogen-bond donors (Lipinski definition) is 0. The van der Waals surface area contributed by atoms with Gasteiger partial charge in [0, 0.05) is 11.3 Å². The monoisotopic (exact) mass is 240 g/mol. The minimum atomic E-state index is 0.187. The van der Waals surface area contributed by atoms with Gasteiger partial charge in [0.2, 0.25) is 0 Å². The lowest BCUT2D eigenvalue weighted by Crippen LogP contribution is -2.11. The number of rotatable bonds is 6. The molecule has 0 aliphatic rings. The normalized spacial score (nSPS) is 14.5. The fourth-order valence-electron chi connectivity index (χ4n) is 1.86. The average Bonchev–Trinajstić information content (AvgIpc) is 2.29. The summed E-state index contributed by atoms with van der Waals surface area (Å²) in [5.41, 5.74) is 1.22. The van der Waals surface area contributed by atoms with Gasteiger partial charge in [-0.3, -0.25) is 0 Å². The van der Waals surface area contributed by atoms with Crippen LogP contribution in [-0.2, 0) is 0 Å². The molecule has 1 nitrogen and oxygen atoms in total. The second-order valence-corrected chi connectivity index (χ2v) is 4.62. The van der Waals surface area contributed by atoms with Gasteiger partial charge in [0.15, 0.2) is 0 Å². The van der Waals surface area contributed by atoms with Gasteiger partial charge in [0.05, 0.1) is 6.61 Å². The molecule has 0 aliphatic carbocycles. The fraction of sp³-hybridized carbons (Fsp3) is 0.571. The average molecular weight is 241 g/mol. The highest BCUT2D eigenvalue weighted by molar-refractivity contribution is 6.21. The Balaban J connectivity index is 2.84. The van der Waals surface area contributed by atoms with Crippen LogP contribution < -0.4 is 4.74 Å². The van der Waals surface area contributed by atoms with Gasteiger partial charge >= 0.3 is 0 Å². The first kappa shape index (κ1) is 13.4. The van der Waals surface area contributed by atoms with Crippen molar-refractivity contribution in [3.8, 4) is 5.75 Å². The molecule has 0 aliphatic heterocycles. The van der Waals surface area contributed by atoms with E-state index in [9.17, 15) is 0 Å². The van der Waals surface area contributed by atoms with Gasteiger partial charge in [-0.15, -0.1) is 11.6 Å². The summed E-state index contributed by atoms with van der Waals surface area (Å²) < 4.78 is 5.63. The van der Waals surface area contributed by atoms with E-state index >= 15 is 0 Å². The molecule has 0 amide bonds. The number of alkyl halides is 1. The van der Waals surface area contributed by atoms with Crippen molar-refractivity contribution in [2.75, 3.05) is 6.61 Å². The zero-order chi connectivity index (χ0) is 12.0. The molecular weight excluding hydrogens is 220 g/mol. The molecule has 2 atom stereocenters. The maximum atomic E-state index is 6.38. The first-order chi connectivity index (χ1) is 7.70. The Morgan fingerprint density at radius 2 is 1.94 bits per heavy atom. The third-order valence-electron chi connectivity index (χ3n) is 2.82. The van der Waals surface area contributed by atoms with Crippen LogP contribution in [0.5, 0.6) is 5.75 Å². The van der Waals surface area contributed by atoms with Crippen molar-refractivity contribution < 1.29 is 4.74 Å². The van der Waals surface area contributed by atoms with Crippen LogP contribution in [0.15, 0.2) is 24.3 Å². The Hall–Kier alpha value is -0.690. The predicted octanol–water partition coefficient (Wildman–Crippen LogP) is 4.60. The summed E-state index contributed by atoms with van der Waals surface area (Å²) in [4.78, 5) is 0. The van der Waals surface area contributed by atoms with Crippen molar-refractivity contribution in [2.45, 2.75) is 44.9 Å². The molecule has 0 bridgehead atoms. The summed E-state index contributed by atoms with van der Waals surface area (Å²) >= 11 is 6.38. The van der Waals surface area contributed by atoms with Crippen molar-refractivity contribution in [1.29, 1.82) is 0 Å². The molecule has 0 fully saturated rings. The van der Waals surface area contributed by atoms with E-state index in [1.165, 1.54) is 5.56 Å². The maximum absolute atomic E-state index is 6.38. The van der Waals surface area contributed by atoms with Gasteiger partial charge in [0.1, 0.15) is 5.75 Å². The van der Waals surface area contributed by atoms with Crippen LogP contribution in [0.25, 0.3) is 0 Å². The Kier molecular flexibility index (Phi) is 5.68. The molecule has 2 heteroatoms. The molecule has 16 heavy (non-hydrogen) atoms. The minimum Gasteiger partial charge on any atom is -0.494 e. The summed E-state index contributed by atoms with van der Waals surface area (Å²) in [5, 5.41) is 0.187. The minimum absolute atomic E-state index is 0.187. The number of para-hydroxylation sites is 1. The largest absolute Gasteiger partial charge is 0.494 e. The molecule has 0 radical (unpaired) electrons. The highest BCUT2D eigenvalue weighted by atomic mass is 35.5. The molecule has 2 unspecified atom stereocenters. The predicted molar refractivity (Wildman–Crippen MR) is 70.6 cm³/mol. The van der Waals surface area contributed by atoms with Crippen LogP contribution in [0.3, 0.4) is 0 Å². The molecule has 0 aromatic heterocycles. The number of benzene rings is 1. The fourth-order valence-corrected chi connectivity index (χ4v) is 2.22. The number of halogens is 1. The van der Waals surface area contributed by atoms with Gasteiger partial charge in [-0.05, 0) is 25.0 Å². The molecule has 0 saturated carbocycles. The quantitative estimate of drug-likeness (QED) is 0.661. The summed E-state index contributed by atoms with van der Waals surface area (Å²) in [6, 6.07) is 8.18. The highest BCUT2D eigenvalue weighted by Gasteiger charge is 2.18. The molecule has 1 aromatic carbocycles. The summed E-state index contributed by atoms with van der Waals surface area (Å²) in [6.07, 6.45) is 2.17. The van der Waals surface area contributed by atoms with Gasteiger partial charge in [0.25, 0.3) is 0 Å². The Labute approximate surface area is 104 Å². The highest BCUT2D eigenvalue weighted by Crippen LogP contribution is 2.32. The molecule has 90 valence electrons. The summed E-state index contributed by atoms with van der Waals surface area (Å²) in [7, 11) is 0. The Bertz CT molecular complexity index is 311. The molecule has 0 saturated heterocycles. The zero-order valence-corrected chi connectivity index (χ0v) is 11.1. The van der Waals surface area contributed by atoms with Crippen LogP contribution in [0.1, 0.15) is 45.1 Å². The molecule has 1 rings (SSSR count). The van der Waals surface area contributed by atoms with E-state index in [-0.39, 0.29) is 5.38 Å². The van der Waals surface area contributed by atoms with E-state index in [1.807, 2.05) is 25.1 Å². The van der Waals surface area contributed by atoms with Crippen molar-refractivity contribution in [3.63, 3.8) is 0 Å². The van der Waals surface area contributed by atoms with Crippen LogP contribution in [0.4, 0.5) is 0 Å². The maximum Gasteiger partial charge on any atom is 0.122 e. The van der Waals surface area contributed by atoms with Crippen molar-refractivity contribution >= 4 is 11.6 Å². The SMILES string of the molecule is CCCC(Cl)C(C)c1ccccc1OCC. The lowest BCUT2D eigenvalue weighted by Gasteiger charge is -2.20. The van der Waals surface area contributed by atoms with Gasteiger partial charge in [-0.25, -0.2) is 0 Å². The van der Waals surface area contributed by atoms with Gasteiger partial charge in [-0.2, -0.15) is 0 Å². The van der Waals surface area contributed by atoms with E-state index in [1.54, 1.807) is 0 Å². The third-order valence-corrected chi connectivity index (χ3v) is 3.41. The number of ether oxygens (including phenoxy) is 1. The van der Waals surface area contributed by atoms with Crippen LogP contribution in [0.2, 0.25) is 0 Å². The lowest BCUT2D eigenvalue weighted by molar-refractivity contribution is 0.334. The zero-order valence-electron chi connectivity index (χ0n) is 10.4. The van der Waals surface area contributed by atoms with Crippen LogP contribution >= 0.6 is 11.6 Å². The second-order valence-electron chi connectivity index (χ2n) is 4.06. The number of hydrogen-bond acceptors (Lipinski definition) is 1. The van der Waals surface area contributed by atoms with Crippen molar-refractivity contribution in [1.82, 2.24) is 0 Å². The van der Waals surface area contributed by atoms with E-state index in [4.69, 9.17) is 16.3 Å².